The minimum Gasteiger partial charge on any atom is -0.469 e. The van der Waals surface area contributed by atoms with E-state index in [-0.39, 0.29) is 24.0 Å². The van der Waals surface area contributed by atoms with Crippen LogP contribution in [0.25, 0.3) is 0 Å². The van der Waals surface area contributed by atoms with Gasteiger partial charge >= 0.3 is 17.9 Å². The van der Waals surface area contributed by atoms with Crippen molar-refractivity contribution in [2.75, 3.05) is 14.2 Å². The lowest BCUT2D eigenvalue weighted by Gasteiger charge is -2.17. The van der Waals surface area contributed by atoms with Crippen molar-refractivity contribution in [3.63, 3.8) is 0 Å². The minimum atomic E-state index is -0.132. The molecule has 0 aromatic rings. The molecule has 0 N–H and O–H groups in total. The van der Waals surface area contributed by atoms with E-state index in [4.69, 9.17) is 4.74 Å². The zero-order valence-corrected chi connectivity index (χ0v) is 29.8. The van der Waals surface area contributed by atoms with Gasteiger partial charge in [-0.1, -0.05) is 107 Å². The fourth-order valence-electron chi connectivity index (χ4n) is 5.16. The maximum atomic E-state index is 11.9. The highest BCUT2D eigenvalue weighted by Gasteiger charge is 2.13. The van der Waals surface area contributed by atoms with Crippen molar-refractivity contribution in [2.24, 2.45) is 0 Å². The van der Waals surface area contributed by atoms with E-state index in [2.05, 4.69) is 58.1 Å². The van der Waals surface area contributed by atoms with Crippen molar-refractivity contribution < 1.29 is 28.6 Å². The third-order valence-corrected chi connectivity index (χ3v) is 8.05. The first-order chi connectivity index (χ1) is 22.5. The van der Waals surface area contributed by atoms with Gasteiger partial charge in [-0.25, -0.2) is 0 Å². The molecule has 0 unspecified atom stereocenters. The molecular weight excluding hydrogens is 576 g/mol. The molecule has 0 aliphatic heterocycles. The van der Waals surface area contributed by atoms with Crippen LogP contribution in [0.3, 0.4) is 0 Å². The molecule has 0 saturated carbocycles. The summed E-state index contributed by atoms with van der Waals surface area (Å²) in [6.07, 6.45) is 43.8. The molecule has 0 heterocycles. The van der Waals surface area contributed by atoms with Gasteiger partial charge in [0.25, 0.3) is 0 Å². The monoisotopic (exact) mass is 645 g/mol. The lowest BCUT2D eigenvalue weighted by atomic mass is 10.0. The number of rotatable bonds is 32. The van der Waals surface area contributed by atoms with Crippen LogP contribution in [-0.2, 0) is 28.6 Å². The first kappa shape index (κ1) is 43.4. The maximum Gasteiger partial charge on any atom is 0.305 e. The first-order valence-corrected chi connectivity index (χ1v) is 18.5. The second-order valence-corrected chi connectivity index (χ2v) is 12.2. The summed E-state index contributed by atoms with van der Waals surface area (Å²) in [6.45, 7) is 1.88. The van der Waals surface area contributed by atoms with E-state index >= 15 is 0 Å². The van der Waals surface area contributed by atoms with E-state index in [1.807, 2.05) is 6.92 Å². The molecule has 0 rings (SSSR count). The maximum absolute atomic E-state index is 11.9. The van der Waals surface area contributed by atoms with Gasteiger partial charge in [-0.3, -0.25) is 14.4 Å². The smallest absolute Gasteiger partial charge is 0.305 e. The average molecular weight is 645 g/mol. The van der Waals surface area contributed by atoms with Crippen molar-refractivity contribution in [1.29, 1.82) is 0 Å². The summed E-state index contributed by atoms with van der Waals surface area (Å²) in [5.74, 6) is -0.326. The first-order valence-electron chi connectivity index (χ1n) is 18.5. The molecule has 46 heavy (non-hydrogen) atoms. The van der Waals surface area contributed by atoms with Crippen molar-refractivity contribution in [3.05, 3.63) is 48.6 Å². The lowest BCUT2D eigenvalue weighted by molar-refractivity contribution is -0.149. The minimum absolute atomic E-state index is 0.0609. The van der Waals surface area contributed by atoms with Crippen LogP contribution in [0.2, 0.25) is 0 Å². The van der Waals surface area contributed by atoms with Gasteiger partial charge in [0.05, 0.1) is 14.2 Å². The van der Waals surface area contributed by atoms with Gasteiger partial charge in [0.2, 0.25) is 0 Å². The molecule has 0 aliphatic rings. The molecule has 0 spiro atoms. The van der Waals surface area contributed by atoms with E-state index in [0.29, 0.717) is 19.3 Å². The SMILES string of the molecule is CCC(=O)OC(CCCCCCCC/C=C\C/C=C\CCCC(=O)OC)CCCCCCCC/C=C\C/C=C\CCCC(=O)OC. The van der Waals surface area contributed by atoms with Crippen LogP contribution < -0.4 is 0 Å². The molecule has 0 fully saturated rings. The summed E-state index contributed by atoms with van der Waals surface area (Å²) in [5.41, 5.74) is 0. The molecule has 0 atom stereocenters. The van der Waals surface area contributed by atoms with Gasteiger partial charge < -0.3 is 14.2 Å². The highest BCUT2D eigenvalue weighted by Crippen LogP contribution is 2.18. The molecule has 0 aromatic carbocycles. The van der Waals surface area contributed by atoms with Crippen LogP contribution in [-0.4, -0.2) is 38.2 Å². The molecule has 0 saturated heterocycles. The van der Waals surface area contributed by atoms with Crippen molar-refractivity contribution >= 4 is 17.9 Å². The van der Waals surface area contributed by atoms with Crippen molar-refractivity contribution in [2.45, 2.75) is 174 Å². The molecular formula is C40H68O6. The van der Waals surface area contributed by atoms with Gasteiger partial charge in [0, 0.05) is 19.3 Å². The number of methoxy groups -OCH3 is 2. The summed E-state index contributed by atoms with van der Waals surface area (Å²) >= 11 is 0. The number of ether oxygens (including phenoxy) is 3. The highest BCUT2D eigenvalue weighted by atomic mass is 16.5. The van der Waals surface area contributed by atoms with Gasteiger partial charge in [-0.15, -0.1) is 0 Å². The third-order valence-electron chi connectivity index (χ3n) is 8.05. The Morgan fingerprint density at radius 1 is 0.457 bits per heavy atom. The molecule has 0 bridgehead atoms. The largest absolute Gasteiger partial charge is 0.469 e. The van der Waals surface area contributed by atoms with Crippen LogP contribution >= 0.6 is 0 Å². The summed E-state index contributed by atoms with van der Waals surface area (Å²) in [6, 6.07) is 0. The normalized spacial score (nSPS) is 11.9. The van der Waals surface area contributed by atoms with Crippen molar-refractivity contribution in [3.8, 4) is 0 Å². The highest BCUT2D eigenvalue weighted by molar-refractivity contribution is 5.69. The second-order valence-electron chi connectivity index (χ2n) is 12.2. The molecule has 0 aromatic heterocycles. The second kappa shape index (κ2) is 35.2. The standard InChI is InChI=1S/C40H68O6/c1-4-38(41)46-37(33-29-25-21-17-13-9-5-7-11-15-19-23-27-31-35-39(42)44-2)34-30-26-22-18-14-10-6-8-12-16-20-24-28-32-36-40(43)45-3/h7-8,11-12,19-20,23-24,37H,4-6,9-10,13-18,21-22,25-36H2,1-3H3/b11-7-,12-8-,23-19-,24-20-. The van der Waals surface area contributed by atoms with Crippen LogP contribution in [0.1, 0.15) is 167 Å². The van der Waals surface area contributed by atoms with Gasteiger partial charge in [-0.05, 0) is 89.9 Å². The Hall–Kier alpha value is -2.63. The van der Waals surface area contributed by atoms with Crippen LogP contribution in [0.15, 0.2) is 48.6 Å². The van der Waals surface area contributed by atoms with E-state index in [1.54, 1.807) is 0 Å². The van der Waals surface area contributed by atoms with E-state index < -0.39 is 0 Å². The Kier molecular flexibility index (Phi) is 33.2. The Bertz CT molecular complexity index is 781. The van der Waals surface area contributed by atoms with Crippen molar-refractivity contribution in [1.82, 2.24) is 0 Å². The number of esters is 3. The predicted molar refractivity (Wildman–Crippen MR) is 192 cm³/mol. The zero-order chi connectivity index (χ0) is 33.8. The molecule has 6 heteroatoms. The number of hydrogen-bond donors (Lipinski definition) is 0. The Morgan fingerprint density at radius 2 is 0.804 bits per heavy atom. The summed E-state index contributed by atoms with van der Waals surface area (Å²) in [5, 5.41) is 0. The summed E-state index contributed by atoms with van der Waals surface area (Å²) in [4.78, 5) is 34.1. The van der Waals surface area contributed by atoms with Gasteiger partial charge in [-0.2, -0.15) is 0 Å². The Morgan fingerprint density at radius 3 is 1.17 bits per heavy atom. The zero-order valence-electron chi connectivity index (χ0n) is 29.8. The van der Waals surface area contributed by atoms with Crippen LogP contribution in [0, 0.1) is 0 Å². The fourth-order valence-corrected chi connectivity index (χ4v) is 5.16. The molecule has 0 aliphatic carbocycles. The molecule has 6 nitrogen and oxygen atoms in total. The molecule has 0 radical (unpaired) electrons. The Balaban J connectivity index is 3.75. The number of allylic oxidation sites excluding steroid dienone is 8. The third kappa shape index (κ3) is 32.8. The van der Waals surface area contributed by atoms with E-state index in [1.165, 1.54) is 78.4 Å². The lowest BCUT2D eigenvalue weighted by Crippen LogP contribution is -2.17. The number of carbonyl (C=O) groups excluding carboxylic acids is 3. The number of hydrogen-bond acceptors (Lipinski definition) is 6. The quantitative estimate of drug-likeness (QED) is 0.0314. The topological polar surface area (TPSA) is 78.9 Å². The fraction of sp³-hybridized carbons (Fsp3) is 0.725. The molecule has 0 amide bonds. The summed E-state index contributed by atoms with van der Waals surface area (Å²) in [7, 11) is 2.87. The number of unbranched alkanes of at least 4 members (excludes halogenated alkanes) is 14. The van der Waals surface area contributed by atoms with Gasteiger partial charge in [0.1, 0.15) is 6.10 Å². The summed E-state index contributed by atoms with van der Waals surface area (Å²) < 4.78 is 15.1. The molecule has 264 valence electrons. The van der Waals surface area contributed by atoms with Crippen LogP contribution in [0.5, 0.6) is 0 Å². The average Bonchev–Trinajstić information content (AvgIpc) is 3.07. The van der Waals surface area contributed by atoms with E-state index in [0.717, 1.165) is 77.0 Å². The van der Waals surface area contributed by atoms with E-state index in [9.17, 15) is 14.4 Å². The van der Waals surface area contributed by atoms with Crippen LogP contribution in [0.4, 0.5) is 0 Å². The Labute approximate surface area is 282 Å². The number of carbonyl (C=O) groups is 3. The van der Waals surface area contributed by atoms with Gasteiger partial charge in [0.15, 0.2) is 0 Å². The predicted octanol–water partition coefficient (Wildman–Crippen LogP) is 11.2.